The van der Waals surface area contributed by atoms with Gasteiger partial charge in [0.1, 0.15) is 0 Å². The molecule has 5 nitrogen and oxygen atoms in total. The Morgan fingerprint density at radius 3 is 2.11 bits per heavy atom. The van der Waals surface area contributed by atoms with E-state index in [1.807, 2.05) is 0 Å². The molecule has 0 aliphatic carbocycles. The number of sulfonamides is 2. The third kappa shape index (κ3) is 5.66. The van der Waals surface area contributed by atoms with E-state index in [1.54, 1.807) is 4.13 Å². The van der Waals surface area contributed by atoms with Crippen LogP contribution in [0.3, 0.4) is 0 Å². The van der Waals surface area contributed by atoms with Gasteiger partial charge in [0.2, 0.25) is 10.0 Å². The quantitative estimate of drug-likeness (QED) is 0.605. The normalized spacial score (nSPS) is 12.5. The zero-order valence-electron chi connectivity index (χ0n) is 9.84. The summed E-state index contributed by atoms with van der Waals surface area (Å²) in [5.74, 6) is 0.0476. The molecule has 0 bridgehead atoms. The second-order valence-corrected chi connectivity index (χ2v) is 8.35. The summed E-state index contributed by atoms with van der Waals surface area (Å²) in [7, 11) is -8.00. The number of benzene rings is 1. The average molecular weight is 346 g/mol. The third-order valence-corrected chi connectivity index (χ3v) is 6.29. The lowest BCUT2D eigenvalue weighted by Gasteiger charge is -2.07. The molecule has 0 aliphatic heterocycles. The van der Waals surface area contributed by atoms with Crippen molar-refractivity contribution < 1.29 is 16.8 Å². The minimum absolute atomic E-state index is 0.155. The number of rotatable bonds is 7. The van der Waals surface area contributed by atoms with Crippen LogP contribution in [-0.4, -0.2) is 28.5 Å². The van der Waals surface area contributed by atoms with E-state index >= 15 is 0 Å². The second kappa shape index (κ2) is 6.90. The fourth-order valence-corrected chi connectivity index (χ4v) is 4.71. The molecule has 9 heteroatoms. The number of halogens is 2. The molecule has 0 radical (unpaired) electrons. The van der Waals surface area contributed by atoms with E-state index in [2.05, 4.69) is 0 Å². The number of hydrogen-bond donors (Lipinski definition) is 1. The first kappa shape index (κ1) is 16.7. The Hall–Kier alpha value is -0.340. The van der Waals surface area contributed by atoms with Crippen LogP contribution in [0.1, 0.15) is 12.8 Å². The van der Waals surface area contributed by atoms with Gasteiger partial charge in [0.15, 0.2) is 0 Å². The van der Waals surface area contributed by atoms with Crippen LogP contribution in [0.4, 0.5) is 0 Å². The highest BCUT2D eigenvalue weighted by molar-refractivity contribution is 8.04. The van der Waals surface area contributed by atoms with Crippen LogP contribution >= 0.6 is 23.2 Å². The maximum absolute atomic E-state index is 11.8. The lowest BCUT2D eigenvalue weighted by atomic mass is 10.4. The van der Waals surface area contributed by atoms with E-state index in [0.717, 1.165) is 0 Å². The van der Waals surface area contributed by atoms with Crippen LogP contribution in [0.2, 0.25) is 5.02 Å². The Kier molecular flexibility index (Phi) is 6.07. The van der Waals surface area contributed by atoms with Crippen molar-refractivity contribution in [3.63, 3.8) is 0 Å². The van der Waals surface area contributed by atoms with Crippen LogP contribution in [0, 0.1) is 0 Å². The Balaban J connectivity index is 2.82. The molecule has 0 aromatic heterocycles. The first-order valence-electron chi connectivity index (χ1n) is 5.35. The van der Waals surface area contributed by atoms with Crippen molar-refractivity contribution in [2.75, 3.05) is 11.6 Å². The largest absolute Gasteiger partial charge is 0.253 e. The zero-order chi connectivity index (χ0) is 14.5. The maximum Gasteiger partial charge on any atom is 0.253 e. The third-order valence-electron chi connectivity index (χ3n) is 2.16. The molecule has 0 amide bonds. The maximum atomic E-state index is 11.8. The van der Waals surface area contributed by atoms with Crippen molar-refractivity contribution in [1.82, 2.24) is 4.13 Å². The van der Waals surface area contributed by atoms with Crippen molar-refractivity contribution in [1.29, 1.82) is 0 Å². The summed E-state index contributed by atoms with van der Waals surface area (Å²) in [6.07, 6.45) is 0.804. The van der Waals surface area contributed by atoms with Gasteiger partial charge in [0.25, 0.3) is 10.0 Å². The fourth-order valence-electron chi connectivity index (χ4n) is 1.26. The minimum atomic E-state index is -4.10. The molecule has 0 saturated heterocycles. The Bertz CT molecular complexity index is 611. The molecule has 0 atom stereocenters. The van der Waals surface area contributed by atoms with E-state index in [9.17, 15) is 16.8 Å². The van der Waals surface area contributed by atoms with Crippen molar-refractivity contribution in [2.24, 2.45) is 0 Å². The highest BCUT2D eigenvalue weighted by Gasteiger charge is 2.22. The number of hydrogen-bond acceptors (Lipinski definition) is 4. The predicted octanol–water partition coefficient (Wildman–Crippen LogP) is 1.97. The monoisotopic (exact) mass is 345 g/mol. The smallest absolute Gasteiger partial charge is 0.211 e. The lowest BCUT2D eigenvalue weighted by molar-refractivity contribution is 0.575. The SMILES string of the molecule is O=S(=O)(CCCCCl)NS(=O)(=O)c1ccc(Cl)cc1. The van der Waals surface area contributed by atoms with Crippen LogP contribution < -0.4 is 4.13 Å². The highest BCUT2D eigenvalue weighted by Crippen LogP contribution is 2.14. The number of nitrogens with one attached hydrogen (secondary N) is 1. The second-order valence-electron chi connectivity index (χ2n) is 3.76. The Morgan fingerprint density at radius 2 is 1.58 bits per heavy atom. The van der Waals surface area contributed by atoms with E-state index in [0.29, 0.717) is 23.7 Å². The van der Waals surface area contributed by atoms with E-state index in [-0.39, 0.29) is 10.6 Å². The summed E-state index contributed by atoms with van der Waals surface area (Å²) in [6.45, 7) is 0. The Morgan fingerprint density at radius 1 is 1.00 bits per heavy atom. The summed E-state index contributed by atoms with van der Waals surface area (Å²) >= 11 is 11.1. The van der Waals surface area contributed by atoms with Crippen LogP contribution in [0.5, 0.6) is 0 Å². The van der Waals surface area contributed by atoms with E-state index in [1.165, 1.54) is 24.3 Å². The standard InChI is InChI=1S/C10H13Cl2NO4S2/c11-7-1-2-8-18(14,15)13-19(16,17)10-5-3-9(12)4-6-10/h3-6,13H,1-2,7-8H2. The molecule has 0 heterocycles. The summed E-state index contributed by atoms with van der Waals surface area (Å²) in [5.41, 5.74) is 0. The number of unbranched alkanes of at least 4 members (excludes halogenated alkanes) is 1. The summed E-state index contributed by atoms with van der Waals surface area (Å²) < 4.78 is 48.6. The van der Waals surface area contributed by atoms with Gasteiger partial charge in [0.05, 0.1) is 10.6 Å². The summed E-state index contributed by atoms with van der Waals surface area (Å²) in [4.78, 5) is -0.155. The van der Waals surface area contributed by atoms with Gasteiger partial charge in [-0.1, -0.05) is 11.6 Å². The van der Waals surface area contributed by atoms with Crippen molar-refractivity contribution in [3.05, 3.63) is 29.3 Å². The van der Waals surface area contributed by atoms with Crippen LogP contribution in [0.15, 0.2) is 29.2 Å². The molecule has 0 aliphatic rings. The van der Waals surface area contributed by atoms with E-state index in [4.69, 9.17) is 23.2 Å². The molecule has 1 aromatic rings. The molecule has 0 spiro atoms. The zero-order valence-corrected chi connectivity index (χ0v) is 13.0. The lowest BCUT2D eigenvalue weighted by Crippen LogP contribution is -2.32. The van der Waals surface area contributed by atoms with Gasteiger partial charge < -0.3 is 0 Å². The van der Waals surface area contributed by atoms with E-state index < -0.39 is 20.0 Å². The van der Waals surface area contributed by atoms with Gasteiger partial charge in [-0.05, 0) is 37.1 Å². The minimum Gasteiger partial charge on any atom is -0.211 e. The molecular formula is C10H13Cl2NO4S2. The topological polar surface area (TPSA) is 80.3 Å². The molecule has 0 saturated carbocycles. The number of alkyl halides is 1. The first-order valence-corrected chi connectivity index (χ1v) is 9.39. The van der Waals surface area contributed by atoms with Gasteiger partial charge in [-0.25, -0.2) is 16.8 Å². The summed E-state index contributed by atoms with van der Waals surface area (Å²) in [6, 6.07) is 5.21. The molecule has 1 N–H and O–H groups in total. The molecule has 0 fully saturated rings. The van der Waals surface area contributed by atoms with Crippen molar-refractivity contribution in [2.45, 2.75) is 17.7 Å². The fraction of sp³-hybridized carbons (Fsp3) is 0.400. The van der Waals surface area contributed by atoms with Crippen LogP contribution in [-0.2, 0) is 20.0 Å². The molecule has 19 heavy (non-hydrogen) atoms. The molecule has 108 valence electrons. The van der Waals surface area contributed by atoms with Gasteiger partial charge in [-0.2, -0.15) is 0 Å². The first-order chi connectivity index (χ1) is 8.77. The average Bonchev–Trinajstić information content (AvgIpc) is 2.28. The predicted molar refractivity (Wildman–Crippen MR) is 75.5 cm³/mol. The molecule has 1 rings (SSSR count). The molecule has 0 unspecified atom stereocenters. The van der Waals surface area contributed by atoms with Crippen LogP contribution in [0.25, 0.3) is 0 Å². The molecular weight excluding hydrogens is 333 g/mol. The van der Waals surface area contributed by atoms with Crippen molar-refractivity contribution >= 4 is 43.2 Å². The van der Waals surface area contributed by atoms with Gasteiger partial charge in [-0.3, -0.25) is 0 Å². The van der Waals surface area contributed by atoms with Gasteiger partial charge >= 0.3 is 0 Å². The Labute approximate surface area is 123 Å². The molecule has 1 aromatic carbocycles. The summed E-state index contributed by atoms with van der Waals surface area (Å²) in [5, 5.41) is 0.365. The van der Waals surface area contributed by atoms with Crippen molar-refractivity contribution in [3.8, 4) is 0 Å². The highest BCUT2D eigenvalue weighted by atomic mass is 35.5. The van der Waals surface area contributed by atoms with Gasteiger partial charge in [0, 0.05) is 10.9 Å². The van der Waals surface area contributed by atoms with Gasteiger partial charge in [-0.15, -0.1) is 15.7 Å².